The highest BCUT2D eigenvalue weighted by Crippen LogP contribution is 2.30. The van der Waals surface area contributed by atoms with Gasteiger partial charge in [0.25, 0.3) is 0 Å². The molecule has 82 valence electrons. The van der Waals surface area contributed by atoms with Crippen LogP contribution in [0.25, 0.3) is 0 Å². The van der Waals surface area contributed by atoms with Crippen LogP contribution in [-0.2, 0) is 9.63 Å². The maximum Gasteiger partial charge on any atom is 0.235 e. The van der Waals surface area contributed by atoms with Crippen LogP contribution in [0.5, 0.6) is 0 Å². The Morgan fingerprint density at radius 3 is 2.88 bits per heavy atom. The van der Waals surface area contributed by atoms with Gasteiger partial charge in [0.15, 0.2) is 6.10 Å². The topological polar surface area (TPSA) is 41.9 Å². The van der Waals surface area contributed by atoms with E-state index in [9.17, 15) is 4.79 Å². The van der Waals surface area contributed by atoms with E-state index in [1.807, 2.05) is 30.3 Å². The Bertz CT molecular complexity index is 455. The van der Waals surface area contributed by atoms with Crippen LogP contribution in [0.3, 0.4) is 0 Å². The van der Waals surface area contributed by atoms with Crippen molar-refractivity contribution >= 4 is 11.6 Å². The van der Waals surface area contributed by atoms with Gasteiger partial charge in [0.1, 0.15) is 11.6 Å². The minimum absolute atomic E-state index is 0.102. The Morgan fingerprint density at radius 1 is 1.38 bits per heavy atom. The minimum atomic E-state index is -0.215. The van der Waals surface area contributed by atoms with Crippen LogP contribution >= 0.6 is 0 Å². The van der Waals surface area contributed by atoms with E-state index in [0.717, 1.165) is 11.3 Å². The first-order valence-corrected chi connectivity index (χ1v) is 5.31. The largest absolute Gasteiger partial charge is 0.389 e. The molecule has 0 bridgehead atoms. The van der Waals surface area contributed by atoms with E-state index in [0.29, 0.717) is 6.54 Å². The van der Waals surface area contributed by atoms with E-state index in [1.54, 1.807) is 11.9 Å². The maximum atomic E-state index is 11.9. The number of oxime groups is 1. The van der Waals surface area contributed by atoms with Gasteiger partial charge in [-0.05, 0) is 0 Å². The molecule has 1 aromatic rings. The van der Waals surface area contributed by atoms with Crippen molar-refractivity contribution in [1.29, 1.82) is 0 Å². The van der Waals surface area contributed by atoms with Crippen LogP contribution in [0, 0.1) is 5.92 Å². The number of hydrogen-bond donors (Lipinski definition) is 0. The Hall–Kier alpha value is -1.84. The molecule has 0 spiro atoms. The first kappa shape index (κ1) is 9.39. The summed E-state index contributed by atoms with van der Waals surface area (Å²) in [6.45, 7) is 0.628. The van der Waals surface area contributed by atoms with Crippen LogP contribution in [-0.4, -0.2) is 36.2 Å². The van der Waals surface area contributed by atoms with Gasteiger partial charge in [-0.3, -0.25) is 4.79 Å². The zero-order valence-corrected chi connectivity index (χ0v) is 8.96. The summed E-state index contributed by atoms with van der Waals surface area (Å²) in [4.78, 5) is 18.9. The molecule has 3 rings (SSSR count). The van der Waals surface area contributed by atoms with Gasteiger partial charge >= 0.3 is 0 Å². The third kappa shape index (κ3) is 1.23. The summed E-state index contributed by atoms with van der Waals surface area (Å²) in [6.07, 6.45) is -0.104. The van der Waals surface area contributed by atoms with E-state index in [-0.39, 0.29) is 17.9 Å². The van der Waals surface area contributed by atoms with Crippen molar-refractivity contribution in [3.8, 4) is 0 Å². The van der Waals surface area contributed by atoms with Crippen LogP contribution in [0.15, 0.2) is 35.5 Å². The van der Waals surface area contributed by atoms with E-state index in [4.69, 9.17) is 4.84 Å². The molecule has 0 N–H and O–H groups in total. The molecule has 4 nitrogen and oxygen atoms in total. The molecule has 0 radical (unpaired) electrons. The fraction of sp³-hybridized carbons (Fsp3) is 0.333. The van der Waals surface area contributed by atoms with Gasteiger partial charge < -0.3 is 9.74 Å². The molecule has 2 aliphatic rings. The van der Waals surface area contributed by atoms with Crippen molar-refractivity contribution in [3.63, 3.8) is 0 Å². The number of nitrogens with zero attached hydrogens (tertiary/aromatic N) is 2. The van der Waals surface area contributed by atoms with Crippen molar-refractivity contribution in [2.24, 2.45) is 11.1 Å². The maximum absolute atomic E-state index is 11.9. The molecule has 0 saturated carbocycles. The fourth-order valence-corrected chi connectivity index (χ4v) is 2.27. The monoisotopic (exact) mass is 216 g/mol. The Labute approximate surface area is 93.5 Å². The normalized spacial score (nSPS) is 27.7. The fourth-order valence-electron chi connectivity index (χ4n) is 2.27. The molecule has 2 atom stereocenters. The lowest BCUT2D eigenvalue weighted by atomic mass is 9.94. The van der Waals surface area contributed by atoms with Crippen LogP contribution in [0.2, 0.25) is 0 Å². The number of fused-ring (bicyclic) bond motifs is 1. The summed E-state index contributed by atoms with van der Waals surface area (Å²) in [5.74, 6) is -0.113. The predicted octanol–water partition coefficient (Wildman–Crippen LogP) is 0.878. The highest BCUT2D eigenvalue weighted by molar-refractivity contribution is 6.14. The van der Waals surface area contributed by atoms with Crippen molar-refractivity contribution in [2.75, 3.05) is 13.6 Å². The standard InChI is InChI=1S/C12H12N2O2/c1-14-7-9-10(12(14)15)11(13-16-9)8-5-3-2-4-6-8/h2-6,9-10H,7H2,1H3. The number of benzene rings is 1. The predicted molar refractivity (Wildman–Crippen MR) is 59.0 cm³/mol. The second kappa shape index (κ2) is 3.33. The van der Waals surface area contributed by atoms with Crippen molar-refractivity contribution < 1.29 is 9.63 Å². The number of rotatable bonds is 1. The van der Waals surface area contributed by atoms with Crippen molar-refractivity contribution in [1.82, 2.24) is 4.90 Å². The molecule has 1 aromatic carbocycles. The first-order valence-electron chi connectivity index (χ1n) is 5.31. The summed E-state index contributed by atoms with van der Waals surface area (Å²) in [7, 11) is 1.80. The molecule has 1 saturated heterocycles. The van der Waals surface area contributed by atoms with Crippen LogP contribution in [0.4, 0.5) is 0 Å². The second-order valence-corrected chi connectivity index (χ2v) is 4.18. The SMILES string of the molecule is CN1CC2ON=C(c3ccccc3)C2C1=O. The number of amides is 1. The smallest absolute Gasteiger partial charge is 0.235 e. The van der Waals surface area contributed by atoms with Gasteiger partial charge in [-0.15, -0.1) is 0 Å². The third-order valence-electron chi connectivity index (χ3n) is 3.12. The molecule has 0 aromatic heterocycles. The molecule has 2 unspecified atom stereocenters. The van der Waals surface area contributed by atoms with Gasteiger partial charge in [-0.2, -0.15) is 0 Å². The van der Waals surface area contributed by atoms with Gasteiger partial charge in [0.05, 0.1) is 6.54 Å². The number of carbonyl (C=O) groups is 1. The third-order valence-corrected chi connectivity index (χ3v) is 3.12. The first-order chi connectivity index (χ1) is 7.77. The molecular formula is C12H12N2O2. The number of hydrogen-bond acceptors (Lipinski definition) is 3. The highest BCUT2D eigenvalue weighted by Gasteiger charge is 2.47. The lowest BCUT2D eigenvalue weighted by Crippen LogP contribution is -2.27. The summed E-state index contributed by atoms with van der Waals surface area (Å²) in [5, 5.41) is 4.04. The molecule has 1 amide bonds. The van der Waals surface area contributed by atoms with Crippen molar-refractivity contribution in [2.45, 2.75) is 6.10 Å². The lowest BCUT2D eigenvalue weighted by molar-refractivity contribution is -0.128. The second-order valence-electron chi connectivity index (χ2n) is 4.18. The quantitative estimate of drug-likeness (QED) is 0.699. The Balaban J connectivity index is 1.97. The van der Waals surface area contributed by atoms with Gasteiger partial charge in [0.2, 0.25) is 5.91 Å². The molecule has 0 aliphatic carbocycles. The van der Waals surface area contributed by atoms with E-state index in [2.05, 4.69) is 5.16 Å². The molecule has 2 heterocycles. The summed E-state index contributed by atoms with van der Waals surface area (Å²) in [5.41, 5.74) is 1.73. The van der Waals surface area contributed by atoms with E-state index < -0.39 is 0 Å². The average molecular weight is 216 g/mol. The summed E-state index contributed by atoms with van der Waals surface area (Å²) in [6, 6.07) is 9.73. The Morgan fingerprint density at radius 2 is 2.12 bits per heavy atom. The zero-order valence-electron chi connectivity index (χ0n) is 8.96. The minimum Gasteiger partial charge on any atom is -0.389 e. The average Bonchev–Trinajstić information content (AvgIpc) is 2.83. The van der Waals surface area contributed by atoms with Gasteiger partial charge in [-0.1, -0.05) is 35.5 Å². The zero-order chi connectivity index (χ0) is 11.1. The Kier molecular flexibility index (Phi) is 1.96. The molecule has 4 heteroatoms. The van der Waals surface area contributed by atoms with E-state index >= 15 is 0 Å². The lowest BCUT2D eigenvalue weighted by Gasteiger charge is -2.09. The molecule has 2 aliphatic heterocycles. The van der Waals surface area contributed by atoms with Crippen LogP contribution < -0.4 is 0 Å². The van der Waals surface area contributed by atoms with Gasteiger partial charge in [0, 0.05) is 12.6 Å². The highest BCUT2D eigenvalue weighted by atomic mass is 16.6. The number of carbonyl (C=O) groups excluding carboxylic acids is 1. The molecule has 1 fully saturated rings. The summed E-state index contributed by atoms with van der Waals surface area (Å²) >= 11 is 0. The van der Waals surface area contributed by atoms with E-state index in [1.165, 1.54) is 0 Å². The number of likely N-dealkylation sites (N-methyl/N-ethyl adjacent to an activating group) is 1. The summed E-state index contributed by atoms with van der Waals surface area (Å²) < 4.78 is 0. The van der Waals surface area contributed by atoms with Gasteiger partial charge in [-0.25, -0.2) is 0 Å². The van der Waals surface area contributed by atoms with Crippen LogP contribution in [0.1, 0.15) is 5.56 Å². The molecular weight excluding hydrogens is 204 g/mol. The molecule has 16 heavy (non-hydrogen) atoms. The van der Waals surface area contributed by atoms with Crippen molar-refractivity contribution in [3.05, 3.63) is 35.9 Å². The number of likely N-dealkylation sites (tertiary alicyclic amines) is 1.